The summed E-state index contributed by atoms with van der Waals surface area (Å²) < 4.78 is 13.0. The molecule has 0 aliphatic rings. The van der Waals surface area contributed by atoms with E-state index in [0.29, 0.717) is 5.56 Å². The number of nitrogens with zero attached hydrogens (tertiary/aromatic N) is 2. The van der Waals surface area contributed by atoms with Crippen LogP contribution in [-0.4, -0.2) is 19.8 Å². The summed E-state index contributed by atoms with van der Waals surface area (Å²) >= 11 is 0. The van der Waals surface area contributed by atoms with E-state index in [1.165, 1.54) is 0 Å². The maximum atomic E-state index is 12.0. The molecule has 0 saturated heterocycles. The van der Waals surface area contributed by atoms with Gasteiger partial charge in [0.05, 0.1) is 28.2 Å². The number of hydrogen-bond acceptors (Lipinski definition) is 5. The Morgan fingerprint density at radius 3 is 2.33 bits per heavy atom. The molecule has 3 aromatic rings. The molecule has 3 rings (SSSR count). The van der Waals surface area contributed by atoms with Crippen LogP contribution in [0.15, 0.2) is 52.1 Å². The van der Waals surface area contributed by atoms with Gasteiger partial charge in [0.15, 0.2) is 0 Å². The minimum absolute atomic E-state index is 0. The van der Waals surface area contributed by atoms with E-state index in [4.69, 9.17) is 0 Å². The number of H-pyrrole nitrogens is 2. The molecule has 11 heteroatoms. The number of nitrogens with one attached hydrogen (secondary N) is 2. The molecule has 1 heterocycles. The van der Waals surface area contributed by atoms with Gasteiger partial charge < -0.3 is 14.9 Å². The Morgan fingerprint density at radius 1 is 1.11 bits per heavy atom. The molecule has 1 atom stereocenters. The second-order valence-corrected chi connectivity index (χ2v) is 6.51. The van der Waals surface area contributed by atoms with Crippen molar-refractivity contribution in [2.45, 2.75) is 14.0 Å². The zero-order valence-electron chi connectivity index (χ0n) is 13.1. The first kappa shape index (κ1) is 20.1. The molecular formula is C16H17N4O6P. The fourth-order valence-corrected chi connectivity index (χ4v) is 3.23. The fourth-order valence-electron chi connectivity index (χ4n) is 2.53. The molecule has 27 heavy (non-hydrogen) atoms. The van der Waals surface area contributed by atoms with Crippen LogP contribution in [0.3, 0.4) is 0 Å². The van der Waals surface area contributed by atoms with Crippen molar-refractivity contribution in [2.75, 3.05) is 4.67 Å². The largest absolute Gasteiger partial charge is 0.331 e. The third-order valence-electron chi connectivity index (χ3n) is 3.71. The van der Waals surface area contributed by atoms with E-state index in [1.807, 2.05) is 0 Å². The summed E-state index contributed by atoms with van der Waals surface area (Å²) in [5.41, 5.74) is -1.66. The number of anilines is 1. The van der Waals surface area contributed by atoms with Crippen LogP contribution in [0.4, 0.5) is 11.4 Å². The number of non-ortho nitro benzene ring substituents is 1. The molecule has 0 saturated carbocycles. The normalized spacial score (nSPS) is 11.6. The molecule has 0 aliphatic heterocycles. The van der Waals surface area contributed by atoms with Gasteiger partial charge in [-0.25, -0.2) is 0 Å². The van der Waals surface area contributed by atoms with Crippen LogP contribution in [0.5, 0.6) is 0 Å². The predicted molar refractivity (Wildman–Crippen MR) is 102 cm³/mol. The van der Waals surface area contributed by atoms with Crippen molar-refractivity contribution in [1.29, 1.82) is 0 Å². The second-order valence-electron chi connectivity index (χ2n) is 5.41. The number of nitro benzene ring substituents is 1. The van der Waals surface area contributed by atoms with E-state index < -0.39 is 29.9 Å². The monoisotopic (exact) mass is 392 g/mol. The van der Waals surface area contributed by atoms with Crippen molar-refractivity contribution >= 4 is 30.6 Å². The molecule has 1 aromatic heterocycles. The first-order chi connectivity index (χ1) is 12.4. The average Bonchev–Trinajstić information content (AvgIpc) is 2.60. The van der Waals surface area contributed by atoms with Crippen molar-refractivity contribution < 1.29 is 14.4 Å². The molecular weight excluding hydrogens is 375 g/mol. The first-order valence-corrected chi connectivity index (χ1v) is 8.66. The van der Waals surface area contributed by atoms with E-state index in [2.05, 4.69) is 9.97 Å². The van der Waals surface area contributed by atoms with Crippen LogP contribution < -0.4 is 15.8 Å². The van der Waals surface area contributed by atoms with Gasteiger partial charge in [-0.15, -0.1) is 0 Å². The summed E-state index contributed by atoms with van der Waals surface area (Å²) in [7, 11) is -3.33. The van der Waals surface area contributed by atoms with Gasteiger partial charge in [0.2, 0.25) is 0 Å². The maximum Gasteiger partial charge on any atom is 0.314 e. The first-order valence-electron chi connectivity index (χ1n) is 7.36. The fraction of sp³-hybridized carbons (Fsp3) is 0.125. The minimum Gasteiger partial charge on any atom is -0.331 e. The number of fused-ring (bicyclic) bond motifs is 1. The molecule has 3 N–H and O–H groups in total. The highest BCUT2D eigenvalue weighted by molar-refractivity contribution is 7.40. The summed E-state index contributed by atoms with van der Waals surface area (Å²) in [6.45, 7) is -0.0213. The van der Waals surface area contributed by atoms with Gasteiger partial charge in [-0.1, -0.05) is 37.8 Å². The molecule has 142 valence electrons. The highest BCUT2D eigenvalue weighted by Crippen LogP contribution is 2.37. The Kier molecular flexibility index (Phi) is 5.94. The van der Waals surface area contributed by atoms with Gasteiger partial charge in [-0.3, -0.25) is 28.9 Å². The number of hydrogen-bond donors (Lipinski definition) is 3. The third kappa shape index (κ3) is 4.13. The summed E-state index contributed by atoms with van der Waals surface area (Å²) in [5.74, 6) is 0. The van der Waals surface area contributed by atoms with Gasteiger partial charge in [-0.05, 0) is 5.56 Å². The second kappa shape index (κ2) is 7.98. The van der Waals surface area contributed by atoms with Crippen LogP contribution >= 0.6 is 8.18 Å². The smallest absolute Gasteiger partial charge is 0.314 e. The van der Waals surface area contributed by atoms with Crippen LogP contribution in [0, 0.1) is 10.1 Å². The highest BCUT2D eigenvalue weighted by Gasteiger charge is 2.21. The quantitative estimate of drug-likeness (QED) is 0.261. The number of aromatic amines is 2. The Morgan fingerprint density at radius 2 is 1.74 bits per heavy atom. The topological polar surface area (TPSA) is 149 Å². The standard InChI is InChI=1S/C15H13N4O6P.CH4/c20-14-15(21)17-13-11(16-14)6-10(19(22)23)7-12(13)18(26(24)25)8-9-4-2-1-3-5-9;/h1-7,26H,8H2,(H,16,20)(H,17,21)(H,24,25);1H4. The van der Waals surface area contributed by atoms with E-state index in [-0.39, 0.29) is 30.7 Å². The predicted octanol–water partition coefficient (Wildman–Crippen LogP) is 2.15. The molecule has 0 fully saturated rings. The highest BCUT2D eigenvalue weighted by atomic mass is 31.1. The summed E-state index contributed by atoms with van der Waals surface area (Å²) in [4.78, 5) is 48.0. The van der Waals surface area contributed by atoms with Gasteiger partial charge in [-0.2, -0.15) is 0 Å². The van der Waals surface area contributed by atoms with E-state index in [0.717, 1.165) is 16.8 Å². The SMILES string of the molecule is C.O=c1[nH]c2cc([N+](=O)[O-])cc(N(Cc3ccccc3)[PH](=O)O)c2[nH]c1=O. The summed E-state index contributed by atoms with van der Waals surface area (Å²) in [6.07, 6.45) is 0. The van der Waals surface area contributed by atoms with Gasteiger partial charge >= 0.3 is 11.1 Å². The molecule has 0 spiro atoms. The lowest BCUT2D eigenvalue weighted by atomic mass is 10.2. The third-order valence-corrected chi connectivity index (χ3v) is 4.57. The lowest BCUT2D eigenvalue weighted by Crippen LogP contribution is -2.29. The minimum atomic E-state index is -3.33. The van der Waals surface area contributed by atoms with Crippen LogP contribution in [0.1, 0.15) is 13.0 Å². The van der Waals surface area contributed by atoms with Gasteiger partial charge in [0.25, 0.3) is 13.9 Å². The van der Waals surface area contributed by atoms with Gasteiger partial charge in [0, 0.05) is 12.1 Å². The zero-order valence-corrected chi connectivity index (χ0v) is 14.1. The van der Waals surface area contributed by atoms with E-state index in [9.17, 15) is 29.2 Å². The van der Waals surface area contributed by atoms with Crippen molar-refractivity contribution in [3.8, 4) is 0 Å². The van der Waals surface area contributed by atoms with Crippen molar-refractivity contribution in [1.82, 2.24) is 9.97 Å². The van der Waals surface area contributed by atoms with E-state index in [1.54, 1.807) is 30.3 Å². The number of nitro groups is 1. The number of rotatable bonds is 5. The molecule has 0 bridgehead atoms. The molecule has 1 unspecified atom stereocenters. The average molecular weight is 392 g/mol. The summed E-state index contributed by atoms with van der Waals surface area (Å²) in [5, 5.41) is 11.2. The summed E-state index contributed by atoms with van der Waals surface area (Å²) in [6, 6.07) is 10.9. The Bertz CT molecular complexity index is 1130. The van der Waals surface area contributed by atoms with Crippen LogP contribution in [0.2, 0.25) is 0 Å². The molecule has 10 nitrogen and oxygen atoms in total. The Labute approximate surface area is 153 Å². The molecule has 0 aliphatic carbocycles. The Hall–Kier alpha value is -3.23. The van der Waals surface area contributed by atoms with Crippen LogP contribution in [0.25, 0.3) is 11.0 Å². The number of aromatic nitrogens is 2. The van der Waals surface area contributed by atoms with Gasteiger partial charge in [0.1, 0.15) is 0 Å². The molecule has 0 radical (unpaired) electrons. The number of benzene rings is 2. The lowest BCUT2D eigenvalue weighted by molar-refractivity contribution is -0.384. The molecule has 2 aromatic carbocycles. The van der Waals surface area contributed by atoms with Crippen molar-refractivity contribution in [3.63, 3.8) is 0 Å². The Balaban J connectivity index is 0.00000261. The van der Waals surface area contributed by atoms with E-state index >= 15 is 0 Å². The lowest BCUT2D eigenvalue weighted by Gasteiger charge is -2.22. The zero-order chi connectivity index (χ0) is 18.8. The van der Waals surface area contributed by atoms with Crippen molar-refractivity contribution in [2.24, 2.45) is 0 Å². The molecule has 0 amide bonds. The van der Waals surface area contributed by atoms with Crippen LogP contribution in [-0.2, 0) is 11.1 Å². The maximum absolute atomic E-state index is 12.0. The van der Waals surface area contributed by atoms with Crippen molar-refractivity contribution in [3.05, 3.63) is 78.8 Å².